The molecule has 2 amide bonds. The number of nitrogens with two attached hydrogens (primary N) is 1. The lowest BCUT2D eigenvalue weighted by Crippen LogP contribution is -2.49. The Morgan fingerprint density at radius 3 is 2.26 bits per heavy atom. The summed E-state index contributed by atoms with van der Waals surface area (Å²) in [7, 11) is 1.19. The lowest BCUT2D eigenvalue weighted by atomic mass is 10.2. The lowest BCUT2D eigenvalue weighted by molar-refractivity contribution is -0.144. The van der Waals surface area contributed by atoms with Crippen LogP contribution in [0.3, 0.4) is 0 Å². The molecule has 0 aromatic rings. The minimum absolute atomic E-state index is 0.0924. The predicted octanol–water partition coefficient (Wildman–Crippen LogP) is -0.872. The van der Waals surface area contributed by atoms with Gasteiger partial charge in [0.2, 0.25) is 5.91 Å². The highest BCUT2D eigenvalue weighted by Crippen LogP contribution is 2.05. The van der Waals surface area contributed by atoms with E-state index in [1.165, 1.54) is 7.11 Å². The van der Waals surface area contributed by atoms with Crippen LogP contribution in [0.2, 0.25) is 0 Å². The van der Waals surface area contributed by atoms with E-state index in [0.29, 0.717) is 0 Å². The van der Waals surface area contributed by atoms with Gasteiger partial charge in [0.1, 0.15) is 18.2 Å². The molecule has 8 nitrogen and oxygen atoms in total. The van der Waals surface area contributed by atoms with Crippen molar-refractivity contribution in [3.63, 3.8) is 0 Å². The van der Waals surface area contributed by atoms with Crippen LogP contribution in [0.15, 0.2) is 0 Å². The largest absolute Gasteiger partial charge is 0.467 e. The zero-order valence-corrected chi connectivity index (χ0v) is 11.6. The third-order valence-corrected chi connectivity index (χ3v) is 1.85. The summed E-state index contributed by atoms with van der Waals surface area (Å²) in [6, 6.07) is -0.932. The molecule has 0 aliphatic rings. The maximum Gasteiger partial charge on any atom is 0.408 e. The SMILES string of the molecule is COC(=O)[C@H](CN)NC(=O)CNC(=O)OC(C)(C)C. The number of methoxy groups -OCH3 is 1. The molecule has 0 bridgehead atoms. The maximum atomic E-state index is 11.5. The second kappa shape index (κ2) is 7.57. The molecule has 0 saturated heterocycles. The molecule has 0 aliphatic carbocycles. The van der Waals surface area contributed by atoms with E-state index in [2.05, 4.69) is 15.4 Å². The summed E-state index contributed by atoms with van der Waals surface area (Å²) >= 11 is 0. The lowest BCUT2D eigenvalue weighted by Gasteiger charge is -2.20. The van der Waals surface area contributed by atoms with Gasteiger partial charge in [0, 0.05) is 6.54 Å². The molecule has 0 radical (unpaired) electrons. The standard InChI is InChI=1S/C11H21N3O5/c1-11(2,3)19-10(17)13-6-8(15)14-7(5-12)9(16)18-4/h7H,5-6,12H2,1-4H3,(H,13,17)(H,14,15)/t7-/m0/s1. The molecular formula is C11H21N3O5. The Morgan fingerprint density at radius 2 is 1.84 bits per heavy atom. The minimum atomic E-state index is -0.932. The molecule has 19 heavy (non-hydrogen) atoms. The fourth-order valence-corrected chi connectivity index (χ4v) is 1.07. The molecule has 4 N–H and O–H groups in total. The van der Waals surface area contributed by atoms with Crippen molar-refractivity contribution in [1.29, 1.82) is 0 Å². The molecule has 0 rings (SSSR count). The first-order valence-electron chi connectivity index (χ1n) is 5.73. The number of esters is 1. The fourth-order valence-electron chi connectivity index (χ4n) is 1.07. The highest BCUT2D eigenvalue weighted by atomic mass is 16.6. The van der Waals surface area contributed by atoms with Gasteiger partial charge in [-0.25, -0.2) is 9.59 Å². The first-order valence-corrected chi connectivity index (χ1v) is 5.73. The van der Waals surface area contributed by atoms with Gasteiger partial charge in [-0.3, -0.25) is 4.79 Å². The number of ether oxygens (including phenoxy) is 2. The first kappa shape index (κ1) is 17.2. The Hall–Kier alpha value is -1.83. The second-order valence-corrected chi connectivity index (χ2v) is 4.73. The summed E-state index contributed by atoms with van der Waals surface area (Å²) in [6.07, 6.45) is -0.718. The zero-order chi connectivity index (χ0) is 15.1. The number of carbonyl (C=O) groups is 3. The van der Waals surface area contributed by atoms with Gasteiger partial charge in [-0.2, -0.15) is 0 Å². The average molecular weight is 275 g/mol. The van der Waals surface area contributed by atoms with Crippen LogP contribution < -0.4 is 16.4 Å². The van der Waals surface area contributed by atoms with Gasteiger partial charge >= 0.3 is 12.1 Å². The number of nitrogens with one attached hydrogen (secondary N) is 2. The Labute approximate surface area is 112 Å². The topological polar surface area (TPSA) is 120 Å². The molecule has 0 aliphatic heterocycles. The van der Waals surface area contributed by atoms with Crippen LogP contribution in [0.25, 0.3) is 0 Å². The van der Waals surface area contributed by atoms with Crippen molar-refractivity contribution >= 4 is 18.0 Å². The maximum absolute atomic E-state index is 11.5. The molecule has 8 heteroatoms. The van der Waals surface area contributed by atoms with E-state index >= 15 is 0 Å². The number of amides is 2. The predicted molar refractivity (Wildman–Crippen MR) is 67.2 cm³/mol. The Bertz CT molecular complexity index is 338. The van der Waals surface area contributed by atoms with Crippen molar-refractivity contribution in [3.05, 3.63) is 0 Å². The number of rotatable bonds is 5. The molecule has 0 saturated carbocycles. The second-order valence-electron chi connectivity index (χ2n) is 4.73. The minimum Gasteiger partial charge on any atom is -0.467 e. The van der Waals surface area contributed by atoms with Crippen LogP contribution in [0.1, 0.15) is 20.8 Å². The van der Waals surface area contributed by atoms with Crippen LogP contribution in [-0.2, 0) is 19.1 Å². The van der Waals surface area contributed by atoms with Crippen LogP contribution >= 0.6 is 0 Å². The Kier molecular flexibility index (Phi) is 6.84. The van der Waals surface area contributed by atoms with Gasteiger partial charge in [-0.15, -0.1) is 0 Å². The van der Waals surface area contributed by atoms with Crippen LogP contribution in [0.4, 0.5) is 4.79 Å². The molecule has 0 fully saturated rings. The molecule has 0 aromatic heterocycles. The first-order chi connectivity index (χ1) is 8.69. The highest BCUT2D eigenvalue weighted by Gasteiger charge is 2.21. The monoisotopic (exact) mass is 275 g/mol. The van der Waals surface area contributed by atoms with E-state index < -0.39 is 29.6 Å². The van der Waals surface area contributed by atoms with Crippen molar-refractivity contribution in [1.82, 2.24) is 10.6 Å². The number of hydrogen-bond acceptors (Lipinski definition) is 6. The van der Waals surface area contributed by atoms with Crippen molar-refractivity contribution in [3.8, 4) is 0 Å². The number of alkyl carbamates (subject to hydrolysis) is 1. The quantitative estimate of drug-likeness (QED) is 0.561. The summed E-state index contributed by atoms with van der Waals surface area (Å²) < 4.78 is 9.39. The molecule has 110 valence electrons. The van der Waals surface area contributed by atoms with E-state index in [1.54, 1.807) is 20.8 Å². The summed E-state index contributed by atoms with van der Waals surface area (Å²) in [5.74, 6) is -1.21. The van der Waals surface area contributed by atoms with Gasteiger partial charge < -0.3 is 25.8 Å². The summed E-state index contributed by atoms with van der Waals surface area (Å²) in [5, 5.41) is 4.59. The van der Waals surface area contributed by atoms with Gasteiger partial charge in [-0.05, 0) is 20.8 Å². The van der Waals surface area contributed by atoms with E-state index in [0.717, 1.165) is 0 Å². The number of carbonyl (C=O) groups excluding carboxylic acids is 3. The fraction of sp³-hybridized carbons (Fsp3) is 0.727. The molecule has 0 unspecified atom stereocenters. The van der Waals surface area contributed by atoms with Crippen molar-refractivity contribution in [2.45, 2.75) is 32.4 Å². The molecule has 0 heterocycles. The van der Waals surface area contributed by atoms with Gasteiger partial charge in [0.05, 0.1) is 7.11 Å². The van der Waals surface area contributed by atoms with Gasteiger partial charge in [0.15, 0.2) is 0 Å². The van der Waals surface area contributed by atoms with Crippen molar-refractivity contribution in [2.75, 3.05) is 20.2 Å². The van der Waals surface area contributed by atoms with E-state index in [-0.39, 0.29) is 13.1 Å². The smallest absolute Gasteiger partial charge is 0.408 e. The molecule has 0 spiro atoms. The molecular weight excluding hydrogens is 254 g/mol. The summed E-state index contributed by atoms with van der Waals surface area (Å²) in [5.41, 5.74) is 4.66. The Morgan fingerprint density at radius 1 is 1.26 bits per heavy atom. The normalized spacial score (nSPS) is 12.3. The Balaban J connectivity index is 4.11. The van der Waals surface area contributed by atoms with Crippen molar-refractivity contribution < 1.29 is 23.9 Å². The number of hydrogen-bond donors (Lipinski definition) is 3. The van der Waals surface area contributed by atoms with Crippen LogP contribution in [0.5, 0.6) is 0 Å². The summed E-state index contributed by atoms with van der Waals surface area (Å²) in [6.45, 7) is 4.70. The third kappa shape index (κ3) is 7.98. The highest BCUT2D eigenvalue weighted by molar-refractivity contribution is 5.87. The van der Waals surface area contributed by atoms with E-state index in [9.17, 15) is 14.4 Å². The van der Waals surface area contributed by atoms with Gasteiger partial charge in [-0.1, -0.05) is 0 Å². The zero-order valence-electron chi connectivity index (χ0n) is 11.6. The summed E-state index contributed by atoms with van der Waals surface area (Å²) in [4.78, 5) is 33.9. The third-order valence-electron chi connectivity index (χ3n) is 1.85. The van der Waals surface area contributed by atoms with Crippen LogP contribution in [-0.4, -0.2) is 49.8 Å². The molecule has 0 aromatic carbocycles. The van der Waals surface area contributed by atoms with E-state index in [1.807, 2.05) is 0 Å². The van der Waals surface area contributed by atoms with Gasteiger partial charge in [0.25, 0.3) is 0 Å². The van der Waals surface area contributed by atoms with E-state index in [4.69, 9.17) is 10.5 Å². The molecule has 1 atom stereocenters. The van der Waals surface area contributed by atoms with Crippen LogP contribution in [0, 0.1) is 0 Å². The van der Waals surface area contributed by atoms with Crippen molar-refractivity contribution in [2.24, 2.45) is 5.73 Å². The average Bonchev–Trinajstić information content (AvgIpc) is 2.30.